The minimum absolute atomic E-state index is 0.126. The summed E-state index contributed by atoms with van der Waals surface area (Å²) in [4.78, 5) is 13.3. The molecule has 5 heteroatoms. The van der Waals surface area contributed by atoms with Gasteiger partial charge in [0.05, 0.1) is 6.10 Å². The van der Waals surface area contributed by atoms with Crippen LogP contribution in [0.4, 0.5) is 11.4 Å². The molecule has 0 aromatic heterocycles. The molecule has 4 N–H and O–H groups in total. The molecule has 0 aliphatic carbocycles. The number of amides is 1. The standard InChI is InChI=1S/C16H25N3O2/c1-11(2)21-15-9-13(17)8-14(10-15)19-5-3-12(4-6-19)7-16(18)20/h8-12H,3-7,17H2,1-2H3,(H2,18,20). The molecule has 116 valence electrons. The summed E-state index contributed by atoms with van der Waals surface area (Å²) in [5.74, 6) is 1.01. The van der Waals surface area contributed by atoms with Crippen molar-refractivity contribution >= 4 is 17.3 Å². The average molecular weight is 291 g/mol. The number of primary amides is 1. The highest BCUT2D eigenvalue weighted by Crippen LogP contribution is 2.30. The molecule has 2 rings (SSSR count). The van der Waals surface area contributed by atoms with Crippen LogP contribution in [0.2, 0.25) is 0 Å². The second-order valence-corrected chi connectivity index (χ2v) is 6.03. The molecule has 0 radical (unpaired) electrons. The zero-order valence-corrected chi connectivity index (χ0v) is 12.8. The van der Waals surface area contributed by atoms with Crippen molar-refractivity contribution in [3.05, 3.63) is 18.2 Å². The first-order valence-corrected chi connectivity index (χ1v) is 7.54. The number of carbonyl (C=O) groups is 1. The van der Waals surface area contributed by atoms with Gasteiger partial charge in [-0.1, -0.05) is 0 Å². The highest BCUT2D eigenvalue weighted by atomic mass is 16.5. The van der Waals surface area contributed by atoms with Gasteiger partial charge in [-0.15, -0.1) is 0 Å². The number of carbonyl (C=O) groups excluding carboxylic acids is 1. The van der Waals surface area contributed by atoms with Gasteiger partial charge in [-0.25, -0.2) is 0 Å². The van der Waals surface area contributed by atoms with Crippen LogP contribution in [0.1, 0.15) is 33.1 Å². The minimum atomic E-state index is -0.204. The number of nitrogens with two attached hydrogens (primary N) is 2. The minimum Gasteiger partial charge on any atom is -0.491 e. The number of hydrogen-bond donors (Lipinski definition) is 2. The van der Waals surface area contributed by atoms with Crippen LogP contribution in [0, 0.1) is 5.92 Å². The summed E-state index contributed by atoms with van der Waals surface area (Å²) in [6, 6.07) is 5.86. The molecule has 0 bridgehead atoms. The Kier molecular flexibility index (Phi) is 4.94. The average Bonchev–Trinajstić information content (AvgIpc) is 2.37. The number of anilines is 2. The van der Waals surface area contributed by atoms with Crippen LogP contribution in [0.3, 0.4) is 0 Å². The summed E-state index contributed by atoms with van der Waals surface area (Å²) in [7, 11) is 0. The van der Waals surface area contributed by atoms with Crippen molar-refractivity contribution in [1.29, 1.82) is 0 Å². The third kappa shape index (κ3) is 4.55. The Morgan fingerprint density at radius 2 is 2.00 bits per heavy atom. The van der Waals surface area contributed by atoms with Crippen LogP contribution in [-0.2, 0) is 4.79 Å². The molecule has 1 saturated heterocycles. The zero-order chi connectivity index (χ0) is 15.4. The lowest BCUT2D eigenvalue weighted by molar-refractivity contribution is -0.119. The lowest BCUT2D eigenvalue weighted by atomic mass is 9.93. The number of benzene rings is 1. The van der Waals surface area contributed by atoms with Crippen molar-refractivity contribution < 1.29 is 9.53 Å². The van der Waals surface area contributed by atoms with Crippen molar-refractivity contribution in [2.24, 2.45) is 11.7 Å². The van der Waals surface area contributed by atoms with Gasteiger partial charge in [-0.05, 0) is 38.7 Å². The Balaban J connectivity index is 2.02. The van der Waals surface area contributed by atoms with Crippen LogP contribution in [0.25, 0.3) is 0 Å². The van der Waals surface area contributed by atoms with Crippen LogP contribution < -0.4 is 21.1 Å². The van der Waals surface area contributed by atoms with E-state index in [1.54, 1.807) is 0 Å². The fraction of sp³-hybridized carbons (Fsp3) is 0.562. The van der Waals surface area contributed by atoms with Gasteiger partial charge in [0.25, 0.3) is 0 Å². The van der Waals surface area contributed by atoms with Gasteiger partial charge in [-0.2, -0.15) is 0 Å². The molecule has 0 saturated carbocycles. The van der Waals surface area contributed by atoms with E-state index in [0.717, 1.165) is 37.4 Å². The van der Waals surface area contributed by atoms with E-state index in [4.69, 9.17) is 16.2 Å². The summed E-state index contributed by atoms with van der Waals surface area (Å²) >= 11 is 0. The van der Waals surface area contributed by atoms with E-state index in [1.165, 1.54) is 0 Å². The first kappa shape index (κ1) is 15.5. The number of hydrogen-bond acceptors (Lipinski definition) is 4. The lowest BCUT2D eigenvalue weighted by Gasteiger charge is -2.33. The molecule has 1 aromatic carbocycles. The SMILES string of the molecule is CC(C)Oc1cc(N)cc(N2CCC(CC(N)=O)CC2)c1. The third-order valence-electron chi connectivity index (χ3n) is 3.75. The summed E-state index contributed by atoms with van der Waals surface area (Å²) in [6.07, 6.45) is 2.59. The van der Waals surface area contributed by atoms with E-state index in [2.05, 4.69) is 4.90 Å². The van der Waals surface area contributed by atoms with Gasteiger partial charge in [0, 0.05) is 43.0 Å². The number of nitrogens with zero attached hydrogens (tertiary/aromatic N) is 1. The molecule has 1 aliphatic rings. The molecule has 0 atom stereocenters. The van der Waals surface area contributed by atoms with E-state index in [1.807, 2.05) is 32.0 Å². The second kappa shape index (κ2) is 6.70. The molecule has 5 nitrogen and oxygen atoms in total. The monoisotopic (exact) mass is 291 g/mol. The van der Waals surface area contributed by atoms with Gasteiger partial charge in [0.2, 0.25) is 5.91 Å². The Hall–Kier alpha value is -1.91. The summed E-state index contributed by atoms with van der Waals surface area (Å²) < 4.78 is 5.73. The predicted molar refractivity (Wildman–Crippen MR) is 85.4 cm³/mol. The highest BCUT2D eigenvalue weighted by Gasteiger charge is 2.21. The van der Waals surface area contributed by atoms with Gasteiger partial charge in [-0.3, -0.25) is 4.79 Å². The quantitative estimate of drug-likeness (QED) is 0.814. The predicted octanol–water partition coefficient (Wildman–Crippen LogP) is 2.15. The van der Waals surface area contributed by atoms with Crippen LogP contribution >= 0.6 is 0 Å². The van der Waals surface area contributed by atoms with Crippen molar-refractivity contribution in [3.8, 4) is 5.75 Å². The number of piperidine rings is 1. The molecule has 1 heterocycles. The van der Waals surface area contributed by atoms with Gasteiger partial charge < -0.3 is 21.1 Å². The maximum atomic E-state index is 11.0. The maximum Gasteiger partial charge on any atom is 0.217 e. The summed E-state index contributed by atoms with van der Waals surface area (Å²) in [6.45, 7) is 5.83. The van der Waals surface area contributed by atoms with Gasteiger partial charge >= 0.3 is 0 Å². The lowest BCUT2D eigenvalue weighted by Crippen LogP contribution is -2.35. The number of nitrogen functional groups attached to an aromatic ring is 1. The van der Waals surface area contributed by atoms with Crippen LogP contribution in [0.15, 0.2) is 18.2 Å². The smallest absolute Gasteiger partial charge is 0.217 e. The zero-order valence-electron chi connectivity index (χ0n) is 12.8. The topological polar surface area (TPSA) is 81.6 Å². The Labute approximate surface area is 126 Å². The molecule has 1 fully saturated rings. The van der Waals surface area contributed by atoms with Crippen LogP contribution in [-0.4, -0.2) is 25.1 Å². The van der Waals surface area contributed by atoms with E-state index in [9.17, 15) is 4.79 Å². The normalized spacial score (nSPS) is 16.2. The molecule has 1 amide bonds. The first-order valence-electron chi connectivity index (χ1n) is 7.54. The van der Waals surface area contributed by atoms with Gasteiger partial charge in [0.1, 0.15) is 5.75 Å². The molecule has 0 unspecified atom stereocenters. The largest absolute Gasteiger partial charge is 0.491 e. The molecule has 1 aliphatic heterocycles. The van der Waals surface area contributed by atoms with Crippen molar-refractivity contribution in [3.63, 3.8) is 0 Å². The first-order chi connectivity index (χ1) is 9.94. The van der Waals surface area contributed by atoms with E-state index >= 15 is 0 Å². The summed E-state index contributed by atoms with van der Waals surface area (Å²) in [5, 5.41) is 0. The number of rotatable bonds is 5. The second-order valence-electron chi connectivity index (χ2n) is 6.03. The maximum absolute atomic E-state index is 11.0. The van der Waals surface area contributed by atoms with E-state index in [0.29, 0.717) is 18.0 Å². The van der Waals surface area contributed by atoms with Crippen LogP contribution in [0.5, 0.6) is 5.75 Å². The van der Waals surface area contributed by atoms with Crippen molar-refractivity contribution in [2.45, 2.75) is 39.2 Å². The molecule has 1 aromatic rings. The molecule has 21 heavy (non-hydrogen) atoms. The Morgan fingerprint density at radius 3 is 2.57 bits per heavy atom. The molecule has 0 spiro atoms. The van der Waals surface area contributed by atoms with E-state index < -0.39 is 0 Å². The van der Waals surface area contributed by atoms with E-state index in [-0.39, 0.29) is 12.0 Å². The fourth-order valence-electron chi connectivity index (χ4n) is 2.81. The molecular formula is C16H25N3O2. The Bertz CT molecular complexity index is 494. The highest BCUT2D eigenvalue weighted by molar-refractivity contribution is 5.74. The summed E-state index contributed by atoms with van der Waals surface area (Å²) in [5.41, 5.74) is 13.0. The Morgan fingerprint density at radius 1 is 1.33 bits per heavy atom. The number of ether oxygens (including phenoxy) is 1. The van der Waals surface area contributed by atoms with Gasteiger partial charge in [0.15, 0.2) is 0 Å². The fourth-order valence-corrected chi connectivity index (χ4v) is 2.81. The third-order valence-corrected chi connectivity index (χ3v) is 3.75. The molecular weight excluding hydrogens is 266 g/mol. The van der Waals surface area contributed by atoms with Crippen molar-refractivity contribution in [1.82, 2.24) is 0 Å². The van der Waals surface area contributed by atoms with Crippen molar-refractivity contribution in [2.75, 3.05) is 23.7 Å².